The van der Waals surface area contributed by atoms with Gasteiger partial charge in [-0.05, 0) is 42.8 Å². The van der Waals surface area contributed by atoms with E-state index in [4.69, 9.17) is 15.4 Å². The van der Waals surface area contributed by atoms with Crippen LogP contribution in [0.3, 0.4) is 0 Å². The highest BCUT2D eigenvalue weighted by molar-refractivity contribution is 8.13. The van der Waals surface area contributed by atoms with Crippen LogP contribution in [0.15, 0.2) is 59.5 Å². The quantitative estimate of drug-likeness (QED) is 0.635. The van der Waals surface area contributed by atoms with Gasteiger partial charge in [0.15, 0.2) is 0 Å². The van der Waals surface area contributed by atoms with Gasteiger partial charge in [0.25, 0.3) is 9.05 Å². The summed E-state index contributed by atoms with van der Waals surface area (Å²) >= 11 is 0. The van der Waals surface area contributed by atoms with E-state index in [0.717, 1.165) is 28.6 Å². The fourth-order valence-corrected chi connectivity index (χ4v) is 3.24. The first-order valence-corrected chi connectivity index (χ1v) is 9.83. The fourth-order valence-electron chi connectivity index (χ4n) is 2.47. The van der Waals surface area contributed by atoms with E-state index in [0.29, 0.717) is 12.4 Å². The van der Waals surface area contributed by atoms with E-state index in [9.17, 15) is 8.42 Å². The minimum atomic E-state index is -3.72. The van der Waals surface area contributed by atoms with Gasteiger partial charge in [-0.2, -0.15) is 0 Å². The molecular formula is C18H16ClNO3S. The van der Waals surface area contributed by atoms with E-state index in [1.807, 2.05) is 30.3 Å². The molecule has 1 aromatic heterocycles. The maximum atomic E-state index is 11.3. The Kier molecular flexibility index (Phi) is 4.73. The Hall–Kier alpha value is -2.11. The third-order valence-electron chi connectivity index (χ3n) is 3.72. The first-order valence-electron chi connectivity index (χ1n) is 7.52. The molecule has 1 heterocycles. The minimum Gasteiger partial charge on any atom is -0.489 e. The maximum absolute atomic E-state index is 11.3. The molecule has 0 aliphatic rings. The van der Waals surface area contributed by atoms with Crippen molar-refractivity contribution in [2.24, 2.45) is 0 Å². The van der Waals surface area contributed by atoms with Gasteiger partial charge < -0.3 is 4.74 Å². The fraction of sp³-hybridized carbons (Fsp3) is 0.167. The van der Waals surface area contributed by atoms with Crippen molar-refractivity contribution in [3.05, 3.63) is 65.9 Å². The number of hydrogen-bond donors (Lipinski definition) is 0. The summed E-state index contributed by atoms with van der Waals surface area (Å²) in [5.41, 5.74) is 3.00. The van der Waals surface area contributed by atoms with E-state index in [1.165, 1.54) is 12.1 Å². The molecule has 0 saturated heterocycles. The normalized spacial score (nSPS) is 11.6. The molecule has 0 atom stereocenters. The number of benzene rings is 2. The zero-order chi connectivity index (χ0) is 17.2. The Labute approximate surface area is 145 Å². The van der Waals surface area contributed by atoms with Crippen LogP contribution in [0.1, 0.15) is 18.2 Å². The zero-order valence-corrected chi connectivity index (χ0v) is 14.6. The third kappa shape index (κ3) is 3.68. The average Bonchev–Trinajstić information content (AvgIpc) is 2.59. The summed E-state index contributed by atoms with van der Waals surface area (Å²) in [4.78, 5) is 4.67. The molecule has 0 amide bonds. The van der Waals surface area contributed by atoms with Gasteiger partial charge in [0, 0.05) is 27.3 Å². The second-order valence-electron chi connectivity index (χ2n) is 5.34. The second kappa shape index (κ2) is 6.79. The van der Waals surface area contributed by atoms with E-state index >= 15 is 0 Å². The monoisotopic (exact) mass is 361 g/mol. The first kappa shape index (κ1) is 16.7. The topological polar surface area (TPSA) is 56.3 Å². The second-order valence-corrected chi connectivity index (χ2v) is 7.91. The molecule has 0 saturated carbocycles. The molecule has 0 aliphatic carbocycles. The summed E-state index contributed by atoms with van der Waals surface area (Å²) in [6.45, 7) is 2.44. The molecule has 0 aliphatic heterocycles. The molecule has 124 valence electrons. The van der Waals surface area contributed by atoms with Crippen molar-refractivity contribution in [3.8, 4) is 5.75 Å². The van der Waals surface area contributed by atoms with Gasteiger partial charge in [-0.3, -0.25) is 4.98 Å². The molecule has 2 aromatic carbocycles. The Morgan fingerprint density at radius 2 is 1.79 bits per heavy atom. The SMILES string of the molecule is CCc1cc(COc2ccc(S(=O)(=O)Cl)cc2)c2ccccc2n1. The Morgan fingerprint density at radius 1 is 1.08 bits per heavy atom. The molecule has 0 spiro atoms. The third-order valence-corrected chi connectivity index (χ3v) is 5.09. The Bertz CT molecular complexity index is 969. The number of aromatic nitrogens is 1. The van der Waals surface area contributed by atoms with Gasteiger partial charge in [0.1, 0.15) is 12.4 Å². The van der Waals surface area contributed by atoms with Crippen LogP contribution in [0, 0.1) is 0 Å². The number of rotatable bonds is 5. The molecule has 6 heteroatoms. The van der Waals surface area contributed by atoms with Crippen molar-refractivity contribution >= 4 is 30.6 Å². The van der Waals surface area contributed by atoms with Crippen molar-refractivity contribution in [1.82, 2.24) is 4.98 Å². The van der Waals surface area contributed by atoms with Crippen molar-refractivity contribution in [2.45, 2.75) is 24.8 Å². The summed E-state index contributed by atoms with van der Waals surface area (Å²) in [5, 5.41) is 1.05. The van der Waals surface area contributed by atoms with Gasteiger partial charge in [-0.15, -0.1) is 0 Å². The minimum absolute atomic E-state index is 0.0548. The highest BCUT2D eigenvalue weighted by Crippen LogP contribution is 2.23. The van der Waals surface area contributed by atoms with Crippen LogP contribution in [-0.4, -0.2) is 13.4 Å². The number of hydrogen-bond acceptors (Lipinski definition) is 4. The van der Waals surface area contributed by atoms with Crippen LogP contribution in [0.5, 0.6) is 5.75 Å². The predicted octanol–water partition coefficient (Wildman–Crippen LogP) is 4.30. The number of aryl methyl sites for hydroxylation is 1. The molecule has 3 aromatic rings. The molecular weight excluding hydrogens is 346 g/mol. The van der Waals surface area contributed by atoms with E-state index < -0.39 is 9.05 Å². The summed E-state index contributed by atoms with van der Waals surface area (Å²) in [7, 11) is 1.59. The highest BCUT2D eigenvalue weighted by atomic mass is 35.7. The number of para-hydroxylation sites is 1. The number of halogens is 1. The molecule has 0 unspecified atom stereocenters. The summed E-state index contributed by atoms with van der Waals surface area (Å²) in [6.07, 6.45) is 0.847. The van der Waals surface area contributed by atoms with Crippen LogP contribution in [0.2, 0.25) is 0 Å². The van der Waals surface area contributed by atoms with Gasteiger partial charge in [-0.1, -0.05) is 25.1 Å². The number of fused-ring (bicyclic) bond motifs is 1. The number of pyridine rings is 1. The standard InChI is InChI=1S/C18H16ClNO3S/c1-2-14-11-13(17-5-3-4-6-18(17)20-14)12-23-15-7-9-16(10-8-15)24(19,21)22/h3-11H,2,12H2,1H3. The van der Waals surface area contributed by atoms with Crippen LogP contribution in [0.4, 0.5) is 0 Å². The van der Waals surface area contributed by atoms with Crippen molar-refractivity contribution < 1.29 is 13.2 Å². The molecule has 0 bridgehead atoms. The average molecular weight is 362 g/mol. The number of nitrogens with zero attached hydrogens (tertiary/aromatic N) is 1. The lowest BCUT2D eigenvalue weighted by atomic mass is 10.1. The number of ether oxygens (including phenoxy) is 1. The van der Waals surface area contributed by atoms with Crippen LogP contribution < -0.4 is 4.74 Å². The summed E-state index contributed by atoms with van der Waals surface area (Å²) in [6, 6.07) is 16.0. The Balaban J connectivity index is 1.85. The van der Waals surface area contributed by atoms with Crippen molar-refractivity contribution in [1.29, 1.82) is 0 Å². The van der Waals surface area contributed by atoms with Crippen molar-refractivity contribution in [3.63, 3.8) is 0 Å². The Morgan fingerprint density at radius 3 is 2.46 bits per heavy atom. The van der Waals surface area contributed by atoms with Crippen molar-refractivity contribution in [2.75, 3.05) is 0 Å². The van der Waals surface area contributed by atoms with E-state index in [-0.39, 0.29) is 4.90 Å². The molecule has 24 heavy (non-hydrogen) atoms. The largest absolute Gasteiger partial charge is 0.489 e. The lowest BCUT2D eigenvalue weighted by molar-refractivity contribution is 0.307. The smallest absolute Gasteiger partial charge is 0.261 e. The lowest BCUT2D eigenvalue weighted by Gasteiger charge is -2.11. The summed E-state index contributed by atoms with van der Waals surface area (Å²) < 4.78 is 28.3. The van der Waals surface area contributed by atoms with Crippen LogP contribution in [0.25, 0.3) is 10.9 Å². The lowest BCUT2D eigenvalue weighted by Crippen LogP contribution is -2.00. The van der Waals surface area contributed by atoms with E-state index in [2.05, 4.69) is 11.9 Å². The molecule has 0 N–H and O–H groups in total. The van der Waals surface area contributed by atoms with Gasteiger partial charge in [-0.25, -0.2) is 8.42 Å². The molecule has 0 radical (unpaired) electrons. The van der Waals surface area contributed by atoms with Gasteiger partial charge >= 0.3 is 0 Å². The van der Waals surface area contributed by atoms with E-state index in [1.54, 1.807) is 12.1 Å². The highest BCUT2D eigenvalue weighted by Gasteiger charge is 2.10. The first-order chi connectivity index (χ1) is 11.5. The molecule has 3 rings (SSSR count). The molecule has 0 fully saturated rings. The predicted molar refractivity (Wildman–Crippen MR) is 94.9 cm³/mol. The maximum Gasteiger partial charge on any atom is 0.261 e. The van der Waals surface area contributed by atoms with Gasteiger partial charge in [0.2, 0.25) is 0 Å². The van der Waals surface area contributed by atoms with Gasteiger partial charge in [0.05, 0.1) is 10.4 Å². The van der Waals surface area contributed by atoms with Crippen LogP contribution in [-0.2, 0) is 22.1 Å². The molecule has 4 nitrogen and oxygen atoms in total. The van der Waals surface area contributed by atoms with Crippen LogP contribution >= 0.6 is 10.7 Å². The summed E-state index contributed by atoms with van der Waals surface area (Å²) in [5.74, 6) is 0.581. The zero-order valence-electron chi connectivity index (χ0n) is 13.1.